The molecule has 0 saturated heterocycles. The Bertz CT molecular complexity index is 555. The summed E-state index contributed by atoms with van der Waals surface area (Å²) in [5.74, 6) is 1.09. The maximum Gasteiger partial charge on any atom is 0.162 e. The van der Waals surface area contributed by atoms with E-state index in [0.717, 1.165) is 0 Å². The van der Waals surface area contributed by atoms with Crippen LogP contribution < -0.4 is 9.47 Å². The smallest absolute Gasteiger partial charge is 0.162 e. The second kappa shape index (κ2) is 6.11. The third-order valence-corrected chi connectivity index (χ3v) is 5.10. The van der Waals surface area contributed by atoms with Gasteiger partial charge in [0.25, 0.3) is 0 Å². The lowest BCUT2D eigenvalue weighted by Gasteiger charge is -2.20. The molecule has 1 heterocycles. The first-order chi connectivity index (χ1) is 9.02. The van der Waals surface area contributed by atoms with Crippen LogP contribution >= 0.6 is 15.9 Å². The van der Waals surface area contributed by atoms with Crippen molar-refractivity contribution in [2.75, 3.05) is 25.6 Å². The quantitative estimate of drug-likeness (QED) is 0.871. The topological polar surface area (TPSA) is 72.8 Å². The average molecular weight is 351 g/mol. The van der Waals surface area contributed by atoms with E-state index in [-0.39, 0.29) is 24.5 Å². The van der Waals surface area contributed by atoms with Crippen LogP contribution in [0.1, 0.15) is 12.0 Å². The summed E-state index contributed by atoms with van der Waals surface area (Å²) < 4.78 is 35.3. The van der Waals surface area contributed by atoms with E-state index in [0.29, 0.717) is 34.7 Å². The number of aliphatic hydroxyl groups is 1. The van der Waals surface area contributed by atoms with Crippen molar-refractivity contribution in [3.05, 3.63) is 22.2 Å². The number of ether oxygens (including phenoxy) is 2. The Kier molecular flexibility index (Phi) is 4.70. The van der Waals surface area contributed by atoms with E-state index >= 15 is 0 Å². The Morgan fingerprint density at radius 2 is 1.84 bits per heavy atom. The van der Waals surface area contributed by atoms with Gasteiger partial charge in [0.15, 0.2) is 21.3 Å². The Morgan fingerprint density at radius 1 is 1.21 bits per heavy atom. The second-order valence-electron chi connectivity index (χ2n) is 4.26. The van der Waals surface area contributed by atoms with Gasteiger partial charge in [-0.3, -0.25) is 0 Å². The third-order valence-electron chi connectivity index (χ3n) is 2.70. The van der Waals surface area contributed by atoms with Gasteiger partial charge in [0.1, 0.15) is 13.2 Å². The lowest BCUT2D eigenvalue weighted by atomic mass is 10.2. The molecule has 7 heteroatoms. The summed E-state index contributed by atoms with van der Waals surface area (Å²) >= 11 is 3.35. The summed E-state index contributed by atoms with van der Waals surface area (Å²) in [6, 6.07) is 3.42. The van der Waals surface area contributed by atoms with Crippen molar-refractivity contribution in [3.8, 4) is 11.5 Å². The van der Waals surface area contributed by atoms with E-state index in [4.69, 9.17) is 14.6 Å². The Labute approximate surface area is 120 Å². The number of benzene rings is 1. The molecular weight excluding hydrogens is 336 g/mol. The van der Waals surface area contributed by atoms with Gasteiger partial charge in [-0.25, -0.2) is 8.42 Å². The maximum atomic E-state index is 11.9. The summed E-state index contributed by atoms with van der Waals surface area (Å²) in [5.41, 5.74) is 0.641. The summed E-state index contributed by atoms with van der Waals surface area (Å²) in [4.78, 5) is 0. The standard InChI is InChI=1S/C12H15BrO5S/c13-10-7-12-11(17-3-4-18-12)6-9(10)8-19(15,16)5-1-2-14/h6-7,14H,1-5,8H2. The van der Waals surface area contributed by atoms with Gasteiger partial charge in [-0.1, -0.05) is 15.9 Å². The molecule has 0 radical (unpaired) electrons. The fourth-order valence-corrected chi connectivity index (χ4v) is 3.88. The predicted octanol–water partition coefficient (Wildman–Crippen LogP) is 1.52. The van der Waals surface area contributed by atoms with E-state index in [1.54, 1.807) is 12.1 Å². The van der Waals surface area contributed by atoms with E-state index in [2.05, 4.69) is 15.9 Å². The fourth-order valence-electron chi connectivity index (χ4n) is 1.81. The second-order valence-corrected chi connectivity index (χ2v) is 7.29. The molecular formula is C12H15BrO5S. The van der Waals surface area contributed by atoms with Crippen LogP contribution in [0.3, 0.4) is 0 Å². The summed E-state index contributed by atoms with van der Waals surface area (Å²) in [6.45, 7) is 0.834. The van der Waals surface area contributed by atoms with Crippen LogP contribution in [0.15, 0.2) is 16.6 Å². The molecule has 1 aromatic rings. The molecule has 2 rings (SSSR count). The highest BCUT2D eigenvalue weighted by Gasteiger charge is 2.19. The van der Waals surface area contributed by atoms with Crippen molar-refractivity contribution in [2.45, 2.75) is 12.2 Å². The molecule has 1 aromatic carbocycles. The highest BCUT2D eigenvalue weighted by Crippen LogP contribution is 2.36. The number of hydrogen-bond donors (Lipinski definition) is 1. The van der Waals surface area contributed by atoms with Crippen molar-refractivity contribution in [1.82, 2.24) is 0 Å². The number of sulfone groups is 1. The van der Waals surface area contributed by atoms with Gasteiger partial charge in [-0.2, -0.15) is 0 Å². The van der Waals surface area contributed by atoms with Crippen LogP contribution in [-0.4, -0.2) is 39.1 Å². The summed E-state index contributed by atoms with van der Waals surface area (Å²) in [7, 11) is -3.23. The minimum atomic E-state index is -3.23. The maximum absolute atomic E-state index is 11.9. The summed E-state index contributed by atoms with van der Waals surface area (Å²) in [6.07, 6.45) is 0.254. The fraction of sp³-hybridized carbons (Fsp3) is 0.500. The molecule has 5 nitrogen and oxygen atoms in total. The zero-order valence-electron chi connectivity index (χ0n) is 10.3. The minimum Gasteiger partial charge on any atom is -0.486 e. The van der Waals surface area contributed by atoms with Crippen molar-refractivity contribution in [3.63, 3.8) is 0 Å². The summed E-state index contributed by atoms with van der Waals surface area (Å²) in [5, 5.41) is 8.70. The van der Waals surface area contributed by atoms with E-state index < -0.39 is 9.84 Å². The van der Waals surface area contributed by atoms with Gasteiger partial charge in [0.2, 0.25) is 0 Å². The van der Waals surface area contributed by atoms with Gasteiger partial charge < -0.3 is 14.6 Å². The Morgan fingerprint density at radius 3 is 2.47 bits per heavy atom. The van der Waals surface area contributed by atoms with E-state index in [9.17, 15) is 8.42 Å². The van der Waals surface area contributed by atoms with Crippen molar-refractivity contribution >= 4 is 25.8 Å². The van der Waals surface area contributed by atoms with Crippen LogP contribution in [0.2, 0.25) is 0 Å². The monoisotopic (exact) mass is 350 g/mol. The first-order valence-corrected chi connectivity index (χ1v) is 8.52. The number of fused-ring (bicyclic) bond motifs is 1. The highest BCUT2D eigenvalue weighted by molar-refractivity contribution is 9.10. The third kappa shape index (κ3) is 3.84. The highest BCUT2D eigenvalue weighted by atomic mass is 79.9. The van der Waals surface area contributed by atoms with Crippen LogP contribution in [0.25, 0.3) is 0 Å². The van der Waals surface area contributed by atoms with Crippen molar-refractivity contribution in [1.29, 1.82) is 0 Å². The molecule has 0 bridgehead atoms. The number of halogens is 1. The molecule has 1 aliphatic heterocycles. The largest absolute Gasteiger partial charge is 0.486 e. The molecule has 0 aliphatic carbocycles. The van der Waals surface area contributed by atoms with E-state index in [1.807, 2.05) is 0 Å². The molecule has 0 fully saturated rings. The predicted molar refractivity (Wildman–Crippen MR) is 74.3 cm³/mol. The first kappa shape index (κ1) is 14.6. The molecule has 0 amide bonds. The molecule has 0 spiro atoms. The lowest BCUT2D eigenvalue weighted by molar-refractivity contribution is 0.171. The van der Waals surface area contributed by atoms with Gasteiger partial charge in [0, 0.05) is 11.1 Å². The van der Waals surface area contributed by atoms with Gasteiger partial charge in [0.05, 0.1) is 11.5 Å². The van der Waals surface area contributed by atoms with Crippen molar-refractivity contribution < 1.29 is 23.0 Å². The molecule has 0 saturated carbocycles. The van der Waals surface area contributed by atoms with Crippen molar-refractivity contribution in [2.24, 2.45) is 0 Å². The molecule has 19 heavy (non-hydrogen) atoms. The first-order valence-electron chi connectivity index (χ1n) is 5.91. The Hall–Kier alpha value is -0.790. The molecule has 1 aliphatic rings. The van der Waals surface area contributed by atoms with Gasteiger partial charge in [-0.15, -0.1) is 0 Å². The molecule has 1 N–H and O–H groups in total. The van der Waals surface area contributed by atoms with Gasteiger partial charge >= 0.3 is 0 Å². The number of aliphatic hydroxyl groups excluding tert-OH is 1. The van der Waals surface area contributed by atoms with Crippen LogP contribution in [-0.2, 0) is 15.6 Å². The SMILES string of the molecule is O=S(=O)(CCCO)Cc1cc2c(cc1Br)OCCO2. The molecule has 0 aromatic heterocycles. The van der Waals surface area contributed by atoms with Gasteiger partial charge in [-0.05, 0) is 24.1 Å². The molecule has 0 unspecified atom stereocenters. The average Bonchev–Trinajstić information content (AvgIpc) is 2.37. The molecule has 106 valence electrons. The minimum absolute atomic E-state index is 0.0234. The lowest BCUT2D eigenvalue weighted by Crippen LogP contribution is -2.16. The molecule has 0 atom stereocenters. The number of rotatable bonds is 5. The van der Waals surface area contributed by atoms with E-state index in [1.165, 1.54) is 0 Å². The van der Waals surface area contributed by atoms with Crippen LogP contribution in [0.4, 0.5) is 0 Å². The normalized spacial score (nSPS) is 14.4. The van der Waals surface area contributed by atoms with Crippen LogP contribution in [0, 0.1) is 0 Å². The van der Waals surface area contributed by atoms with Crippen LogP contribution in [0.5, 0.6) is 11.5 Å². The number of hydrogen-bond acceptors (Lipinski definition) is 5. The zero-order valence-corrected chi connectivity index (χ0v) is 12.7. The zero-order chi connectivity index (χ0) is 13.9. The Balaban J connectivity index is 2.21.